The van der Waals surface area contributed by atoms with Gasteiger partial charge in [0, 0.05) is 12.1 Å². The topological polar surface area (TPSA) is 52.6 Å². The second-order valence-electron chi connectivity index (χ2n) is 6.07. The number of aliphatic carboxylic acids is 1. The van der Waals surface area contributed by atoms with E-state index in [0.29, 0.717) is 6.04 Å². The summed E-state index contributed by atoms with van der Waals surface area (Å²) in [6.07, 6.45) is 4.73. The number of nitrogens with one attached hydrogen (secondary N) is 1. The van der Waals surface area contributed by atoms with Crippen LogP contribution in [0.3, 0.4) is 0 Å². The van der Waals surface area contributed by atoms with Crippen molar-refractivity contribution in [1.82, 2.24) is 10.2 Å². The van der Waals surface area contributed by atoms with E-state index in [0.717, 1.165) is 45.2 Å². The fourth-order valence-corrected chi connectivity index (χ4v) is 3.38. The Balaban J connectivity index is 2.81. The molecule has 1 fully saturated rings. The van der Waals surface area contributed by atoms with Crippen LogP contribution in [0.4, 0.5) is 0 Å². The van der Waals surface area contributed by atoms with Crippen LogP contribution in [-0.4, -0.2) is 46.7 Å². The largest absolute Gasteiger partial charge is 0.480 e. The van der Waals surface area contributed by atoms with E-state index in [-0.39, 0.29) is 6.04 Å². The fraction of sp³-hybridized carbons (Fsp3) is 0.933. The maximum Gasteiger partial charge on any atom is 0.323 e. The third-order valence-corrected chi connectivity index (χ3v) is 4.13. The molecule has 1 aliphatic rings. The van der Waals surface area contributed by atoms with Gasteiger partial charge in [-0.1, -0.05) is 13.8 Å². The zero-order valence-electron chi connectivity index (χ0n) is 12.9. The van der Waals surface area contributed by atoms with Crippen LogP contribution in [-0.2, 0) is 4.79 Å². The van der Waals surface area contributed by atoms with Crippen LogP contribution in [0, 0.1) is 0 Å². The van der Waals surface area contributed by atoms with Crippen molar-refractivity contribution in [3.63, 3.8) is 0 Å². The van der Waals surface area contributed by atoms with Crippen molar-refractivity contribution in [2.45, 2.75) is 77.4 Å². The normalized spacial score (nSPS) is 28.0. The van der Waals surface area contributed by atoms with Crippen molar-refractivity contribution < 1.29 is 9.90 Å². The summed E-state index contributed by atoms with van der Waals surface area (Å²) in [5, 5.41) is 13.0. The summed E-state index contributed by atoms with van der Waals surface area (Å²) >= 11 is 0. The SMILES string of the molecule is CCCN(CC)C1CCCC(NC(C)C)(C(=O)O)C1. The first-order valence-electron chi connectivity index (χ1n) is 7.70. The Morgan fingerprint density at radius 1 is 1.47 bits per heavy atom. The van der Waals surface area contributed by atoms with Crippen LogP contribution in [0.25, 0.3) is 0 Å². The number of nitrogens with zero attached hydrogens (tertiary/aromatic N) is 1. The molecule has 0 aromatic heterocycles. The lowest BCUT2D eigenvalue weighted by molar-refractivity contribution is -0.148. The molecule has 19 heavy (non-hydrogen) atoms. The van der Waals surface area contributed by atoms with Crippen molar-refractivity contribution in [2.24, 2.45) is 0 Å². The number of carbonyl (C=O) groups is 1. The minimum absolute atomic E-state index is 0.205. The number of rotatable bonds is 7. The minimum atomic E-state index is -0.724. The van der Waals surface area contributed by atoms with Crippen LogP contribution < -0.4 is 5.32 Å². The second kappa shape index (κ2) is 7.25. The molecule has 1 saturated carbocycles. The number of carboxylic acids is 1. The molecule has 0 saturated heterocycles. The summed E-state index contributed by atoms with van der Waals surface area (Å²) in [4.78, 5) is 14.2. The Morgan fingerprint density at radius 3 is 2.63 bits per heavy atom. The molecule has 0 amide bonds. The van der Waals surface area contributed by atoms with Gasteiger partial charge in [-0.15, -0.1) is 0 Å². The van der Waals surface area contributed by atoms with E-state index in [1.165, 1.54) is 0 Å². The zero-order chi connectivity index (χ0) is 14.5. The molecular formula is C15H30N2O2. The highest BCUT2D eigenvalue weighted by atomic mass is 16.4. The lowest BCUT2D eigenvalue weighted by Crippen LogP contribution is -2.60. The maximum atomic E-state index is 11.7. The Bertz CT molecular complexity index is 294. The van der Waals surface area contributed by atoms with Crippen molar-refractivity contribution >= 4 is 5.97 Å². The van der Waals surface area contributed by atoms with E-state index in [1.54, 1.807) is 0 Å². The summed E-state index contributed by atoms with van der Waals surface area (Å²) in [6, 6.07) is 0.608. The van der Waals surface area contributed by atoms with Crippen molar-refractivity contribution in [3.8, 4) is 0 Å². The molecule has 0 aromatic rings. The van der Waals surface area contributed by atoms with Crippen LogP contribution in [0.5, 0.6) is 0 Å². The summed E-state index contributed by atoms with van der Waals surface area (Å²) in [7, 11) is 0. The van der Waals surface area contributed by atoms with Crippen LogP contribution in [0.15, 0.2) is 0 Å². The molecule has 0 radical (unpaired) electrons. The van der Waals surface area contributed by atoms with Crippen LogP contribution in [0.2, 0.25) is 0 Å². The molecular weight excluding hydrogens is 240 g/mol. The molecule has 0 aromatic carbocycles. The van der Waals surface area contributed by atoms with Gasteiger partial charge >= 0.3 is 5.97 Å². The standard InChI is InChI=1S/C15H30N2O2/c1-5-10-17(6-2)13-8-7-9-15(11-13,14(18)19)16-12(3)4/h12-13,16H,5-11H2,1-4H3,(H,18,19). The Kier molecular flexibility index (Phi) is 6.27. The smallest absolute Gasteiger partial charge is 0.323 e. The molecule has 1 rings (SSSR count). The molecule has 0 aliphatic heterocycles. The molecule has 0 spiro atoms. The van der Waals surface area contributed by atoms with Gasteiger partial charge in [-0.25, -0.2) is 0 Å². The summed E-state index contributed by atoms with van der Waals surface area (Å²) in [5.74, 6) is -0.682. The Labute approximate surface area is 117 Å². The van der Waals surface area contributed by atoms with Gasteiger partial charge in [0.05, 0.1) is 0 Å². The third-order valence-electron chi connectivity index (χ3n) is 4.13. The van der Waals surface area contributed by atoms with Crippen LogP contribution in [0.1, 0.15) is 59.8 Å². The van der Waals surface area contributed by atoms with Crippen molar-refractivity contribution in [2.75, 3.05) is 13.1 Å². The first-order valence-corrected chi connectivity index (χ1v) is 7.70. The van der Waals surface area contributed by atoms with Gasteiger partial charge in [0.2, 0.25) is 0 Å². The van der Waals surface area contributed by atoms with E-state index < -0.39 is 11.5 Å². The average Bonchev–Trinajstić information content (AvgIpc) is 2.35. The number of hydrogen-bond acceptors (Lipinski definition) is 3. The molecule has 1 aliphatic carbocycles. The molecule has 0 bridgehead atoms. The third kappa shape index (κ3) is 4.18. The van der Waals surface area contributed by atoms with E-state index >= 15 is 0 Å². The number of hydrogen-bond donors (Lipinski definition) is 2. The van der Waals surface area contributed by atoms with Gasteiger partial charge in [-0.05, 0) is 59.0 Å². The summed E-state index contributed by atoms with van der Waals surface area (Å²) in [6.45, 7) is 10.5. The molecule has 2 atom stereocenters. The number of carboxylic acid groups (broad SMARTS) is 1. The highest BCUT2D eigenvalue weighted by molar-refractivity contribution is 5.79. The predicted octanol–water partition coefficient (Wildman–Crippen LogP) is 2.48. The predicted molar refractivity (Wildman–Crippen MR) is 78.4 cm³/mol. The molecule has 2 N–H and O–H groups in total. The summed E-state index contributed by atoms with van der Waals surface area (Å²) < 4.78 is 0. The van der Waals surface area contributed by atoms with E-state index in [2.05, 4.69) is 24.1 Å². The van der Waals surface area contributed by atoms with Gasteiger partial charge in [0.25, 0.3) is 0 Å². The molecule has 112 valence electrons. The molecule has 4 heteroatoms. The van der Waals surface area contributed by atoms with E-state index in [9.17, 15) is 9.90 Å². The molecule has 2 unspecified atom stereocenters. The average molecular weight is 270 g/mol. The molecule has 0 heterocycles. The zero-order valence-corrected chi connectivity index (χ0v) is 12.9. The van der Waals surface area contributed by atoms with Gasteiger partial charge in [0.15, 0.2) is 0 Å². The summed E-state index contributed by atoms with van der Waals surface area (Å²) in [5.41, 5.74) is -0.724. The first-order chi connectivity index (χ1) is 8.95. The fourth-order valence-electron chi connectivity index (χ4n) is 3.38. The van der Waals surface area contributed by atoms with Gasteiger partial charge in [-0.3, -0.25) is 10.1 Å². The van der Waals surface area contributed by atoms with Gasteiger partial charge in [-0.2, -0.15) is 0 Å². The highest BCUT2D eigenvalue weighted by Crippen LogP contribution is 2.32. The second-order valence-corrected chi connectivity index (χ2v) is 6.07. The van der Waals surface area contributed by atoms with Crippen molar-refractivity contribution in [1.29, 1.82) is 0 Å². The quantitative estimate of drug-likeness (QED) is 0.746. The molecule has 4 nitrogen and oxygen atoms in total. The van der Waals surface area contributed by atoms with E-state index in [1.807, 2.05) is 13.8 Å². The lowest BCUT2D eigenvalue weighted by atomic mass is 9.77. The van der Waals surface area contributed by atoms with Crippen molar-refractivity contribution in [3.05, 3.63) is 0 Å². The Morgan fingerprint density at radius 2 is 2.16 bits per heavy atom. The monoisotopic (exact) mass is 270 g/mol. The van der Waals surface area contributed by atoms with Gasteiger partial charge < -0.3 is 10.0 Å². The van der Waals surface area contributed by atoms with Gasteiger partial charge in [0.1, 0.15) is 5.54 Å². The first kappa shape index (κ1) is 16.4. The lowest BCUT2D eigenvalue weighted by Gasteiger charge is -2.43. The minimum Gasteiger partial charge on any atom is -0.480 e. The highest BCUT2D eigenvalue weighted by Gasteiger charge is 2.44. The van der Waals surface area contributed by atoms with E-state index in [4.69, 9.17) is 0 Å². The van der Waals surface area contributed by atoms with Crippen LogP contribution >= 0.6 is 0 Å². The Hall–Kier alpha value is -0.610. The maximum absolute atomic E-state index is 11.7.